The lowest BCUT2D eigenvalue weighted by atomic mass is 10.1. The largest absolute Gasteiger partial charge is 0.491 e. The normalized spacial score (nSPS) is 10.2. The minimum absolute atomic E-state index is 0.147. The highest BCUT2D eigenvalue weighted by Crippen LogP contribution is 2.27. The van der Waals surface area contributed by atoms with E-state index in [1.807, 2.05) is 0 Å². The summed E-state index contributed by atoms with van der Waals surface area (Å²) in [5.41, 5.74) is 6.68. The number of ether oxygens (including phenoxy) is 2. The highest BCUT2D eigenvalue weighted by atomic mass is 19.1. The molecule has 2 N–H and O–H groups in total. The number of carbonyl (C=O) groups is 1. The SMILES string of the molecule is CCOc1c(N)cccc1C(=O)OCc1ccccc1F. The predicted octanol–water partition coefficient (Wildman–Crippen LogP) is 3.16. The van der Waals surface area contributed by atoms with Crippen LogP contribution in [0.4, 0.5) is 10.1 Å². The number of para-hydroxylation sites is 1. The van der Waals surface area contributed by atoms with Crippen LogP contribution in [-0.2, 0) is 11.3 Å². The number of esters is 1. The van der Waals surface area contributed by atoms with E-state index in [1.165, 1.54) is 6.07 Å². The van der Waals surface area contributed by atoms with Crippen LogP contribution in [0.25, 0.3) is 0 Å². The Morgan fingerprint density at radius 2 is 1.95 bits per heavy atom. The summed E-state index contributed by atoms with van der Waals surface area (Å²) in [6, 6.07) is 11.0. The lowest BCUT2D eigenvalue weighted by molar-refractivity contribution is 0.0464. The molecule has 0 unspecified atom stereocenters. The maximum absolute atomic E-state index is 13.5. The first-order chi connectivity index (χ1) is 10.1. The van der Waals surface area contributed by atoms with Gasteiger partial charge in [-0.15, -0.1) is 0 Å². The number of nitrogens with two attached hydrogens (primary N) is 1. The van der Waals surface area contributed by atoms with Crippen molar-refractivity contribution in [1.29, 1.82) is 0 Å². The molecule has 0 aliphatic heterocycles. The Bertz CT molecular complexity index is 643. The molecule has 0 saturated heterocycles. The van der Waals surface area contributed by atoms with Gasteiger partial charge < -0.3 is 15.2 Å². The van der Waals surface area contributed by atoms with Gasteiger partial charge in [0.2, 0.25) is 0 Å². The van der Waals surface area contributed by atoms with Crippen molar-refractivity contribution < 1.29 is 18.7 Å². The van der Waals surface area contributed by atoms with Gasteiger partial charge in [-0.05, 0) is 25.1 Å². The van der Waals surface area contributed by atoms with E-state index in [0.717, 1.165) is 0 Å². The average molecular weight is 289 g/mol. The van der Waals surface area contributed by atoms with Crippen molar-refractivity contribution in [3.8, 4) is 5.75 Å². The molecule has 2 rings (SSSR count). The van der Waals surface area contributed by atoms with Gasteiger partial charge in [0.1, 0.15) is 18.0 Å². The van der Waals surface area contributed by atoms with Gasteiger partial charge in [0.15, 0.2) is 5.75 Å². The molecule has 0 aromatic heterocycles. The van der Waals surface area contributed by atoms with E-state index in [2.05, 4.69) is 0 Å². The summed E-state index contributed by atoms with van der Waals surface area (Å²) in [6.07, 6.45) is 0. The second-order valence-electron chi connectivity index (χ2n) is 4.32. The van der Waals surface area contributed by atoms with Crippen molar-refractivity contribution in [3.63, 3.8) is 0 Å². The molecule has 0 aliphatic rings. The number of benzene rings is 2. The van der Waals surface area contributed by atoms with Gasteiger partial charge >= 0.3 is 5.97 Å². The monoisotopic (exact) mass is 289 g/mol. The molecule has 2 aromatic rings. The zero-order valence-corrected chi connectivity index (χ0v) is 11.6. The molecule has 0 atom stereocenters. The first-order valence-corrected chi connectivity index (χ1v) is 6.55. The van der Waals surface area contributed by atoms with Gasteiger partial charge in [-0.2, -0.15) is 0 Å². The Morgan fingerprint density at radius 1 is 1.19 bits per heavy atom. The fraction of sp³-hybridized carbons (Fsp3) is 0.188. The summed E-state index contributed by atoms with van der Waals surface area (Å²) in [7, 11) is 0. The molecule has 0 bridgehead atoms. The molecule has 4 nitrogen and oxygen atoms in total. The second-order valence-corrected chi connectivity index (χ2v) is 4.32. The highest BCUT2D eigenvalue weighted by Gasteiger charge is 2.16. The van der Waals surface area contributed by atoms with Crippen molar-refractivity contribution >= 4 is 11.7 Å². The first kappa shape index (κ1) is 14.8. The minimum atomic E-state index is -0.603. The van der Waals surface area contributed by atoms with Crippen LogP contribution in [0.5, 0.6) is 5.75 Å². The third-order valence-electron chi connectivity index (χ3n) is 2.87. The molecular weight excluding hydrogens is 273 g/mol. The van der Waals surface area contributed by atoms with Gasteiger partial charge in [0, 0.05) is 5.56 Å². The molecule has 0 heterocycles. The van der Waals surface area contributed by atoms with E-state index in [0.29, 0.717) is 23.6 Å². The number of rotatable bonds is 5. The van der Waals surface area contributed by atoms with Crippen molar-refractivity contribution in [1.82, 2.24) is 0 Å². The molecule has 0 saturated carbocycles. The maximum Gasteiger partial charge on any atom is 0.342 e. The summed E-state index contributed by atoms with van der Waals surface area (Å²) < 4.78 is 24.0. The minimum Gasteiger partial charge on any atom is -0.491 e. The van der Waals surface area contributed by atoms with E-state index in [9.17, 15) is 9.18 Å². The molecule has 0 amide bonds. The fourth-order valence-electron chi connectivity index (χ4n) is 1.86. The van der Waals surface area contributed by atoms with Gasteiger partial charge in [-0.1, -0.05) is 24.3 Å². The zero-order valence-electron chi connectivity index (χ0n) is 11.6. The van der Waals surface area contributed by atoms with Crippen LogP contribution in [0, 0.1) is 5.82 Å². The number of hydrogen-bond donors (Lipinski definition) is 1. The van der Waals surface area contributed by atoms with Crippen molar-refractivity contribution in [3.05, 3.63) is 59.4 Å². The van der Waals surface area contributed by atoms with Crippen LogP contribution in [-0.4, -0.2) is 12.6 Å². The van der Waals surface area contributed by atoms with Crippen molar-refractivity contribution in [2.45, 2.75) is 13.5 Å². The standard InChI is InChI=1S/C16H16FNO3/c1-2-20-15-12(7-5-9-14(15)18)16(19)21-10-11-6-3-4-8-13(11)17/h3-9H,2,10,18H2,1H3. The third kappa shape index (κ3) is 3.51. The smallest absolute Gasteiger partial charge is 0.342 e. The summed E-state index contributed by atoms with van der Waals surface area (Å²) in [5, 5.41) is 0. The topological polar surface area (TPSA) is 61.5 Å². The van der Waals surface area contributed by atoms with Crippen LogP contribution in [0.2, 0.25) is 0 Å². The highest BCUT2D eigenvalue weighted by molar-refractivity contribution is 5.94. The lowest BCUT2D eigenvalue weighted by Gasteiger charge is -2.12. The van der Waals surface area contributed by atoms with Crippen molar-refractivity contribution in [2.75, 3.05) is 12.3 Å². The predicted molar refractivity (Wildman–Crippen MR) is 77.5 cm³/mol. The summed E-state index contributed by atoms with van der Waals surface area (Å²) in [5.74, 6) is -0.726. The number of carbonyl (C=O) groups excluding carboxylic acids is 1. The van der Waals surface area contributed by atoms with Gasteiger partial charge in [0.05, 0.1) is 12.3 Å². The van der Waals surface area contributed by atoms with Gasteiger partial charge in [0.25, 0.3) is 0 Å². The third-order valence-corrected chi connectivity index (χ3v) is 2.87. The molecule has 0 fully saturated rings. The molecular formula is C16H16FNO3. The quantitative estimate of drug-likeness (QED) is 0.678. The van der Waals surface area contributed by atoms with E-state index in [1.54, 1.807) is 43.3 Å². The lowest BCUT2D eigenvalue weighted by Crippen LogP contribution is -2.10. The van der Waals surface area contributed by atoms with E-state index < -0.39 is 11.8 Å². The molecule has 0 spiro atoms. The second kappa shape index (κ2) is 6.74. The summed E-state index contributed by atoms with van der Waals surface area (Å²) >= 11 is 0. The van der Waals surface area contributed by atoms with E-state index in [4.69, 9.17) is 15.2 Å². The van der Waals surface area contributed by atoms with Crippen LogP contribution >= 0.6 is 0 Å². The Hall–Kier alpha value is -2.56. The Labute approximate surface area is 122 Å². The molecule has 21 heavy (non-hydrogen) atoms. The number of hydrogen-bond acceptors (Lipinski definition) is 4. The van der Waals surface area contributed by atoms with Gasteiger partial charge in [-0.3, -0.25) is 0 Å². The molecule has 5 heteroatoms. The number of nitrogen functional groups attached to an aromatic ring is 1. The number of halogens is 1. The summed E-state index contributed by atoms with van der Waals surface area (Å²) in [6.45, 7) is 2.02. The van der Waals surface area contributed by atoms with Crippen molar-refractivity contribution in [2.24, 2.45) is 0 Å². The maximum atomic E-state index is 13.5. The van der Waals surface area contributed by atoms with E-state index >= 15 is 0 Å². The average Bonchev–Trinajstić information content (AvgIpc) is 2.48. The summed E-state index contributed by atoms with van der Waals surface area (Å²) in [4.78, 5) is 12.1. The Kier molecular flexibility index (Phi) is 4.77. The molecule has 110 valence electrons. The molecule has 0 radical (unpaired) electrons. The van der Waals surface area contributed by atoms with Crippen LogP contribution in [0.1, 0.15) is 22.8 Å². The Balaban J connectivity index is 2.14. The number of anilines is 1. The van der Waals surface area contributed by atoms with Crippen LogP contribution in [0.3, 0.4) is 0 Å². The molecule has 0 aliphatic carbocycles. The van der Waals surface area contributed by atoms with Gasteiger partial charge in [-0.25, -0.2) is 9.18 Å². The first-order valence-electron chi connectivity index (χ1n) is 6.55. The fourth-order valence-corrected chi connectivity index (χ4v) is 1.86. The van der Waals surface area contributed by atoms with E-state index in [-0.39, 0.29) is 12.2 Å². The van der Waals surface area contributed by atoms with Crippen LogP contribution < -0.4 is 10.5 Å². The van der Waals surface area contributed by atoms with Crippen LogP contribution in [0.15, 0.2) is 42.5 Å². The Morgan fingerprint density at radius 3 is 2.67 bits per heavy atom. The zero-order chi connectivity index (χ0) is 15.2. The molecule has 2 aromatic carbocycles.